The Morgan fingerprint density at radius 1 is 1.00 bits per heavy atom. The van der Waals surface area contributed by atoms with Crippen molar-refractivity contribution in [2.75, 3.05) is 17.7 Å². The summed E-state index contributed by atoms with van der Waals surface area (Å²) in [6.45, 7) is 6.46. The maximum atomic E-state index is 13.6. The van der Waals surface area contributed by atoms with Crippen LogP contribution in [0.25, 0.3) is 16.8 Å². The number of pyridine rings is 1. The molecule has 3 heterocycles. The number of amides is 3. The van der Waals surface area contributed by atoms with Crippen molar-refractivity contribution in [1.29, 1.82) is 0 Å². The van der Waals surface area contributed by atoms with E-state index in [9.17, 15) is 14.4 Å². The molecule has 1 atom stereocenters. The summed E-state index contributed by atoms with van der Waals surface area (Å²) in [6, 6.07) is 19.0. The Bertz CT molecular complexity index is 1630. The zero-order valence-corrected chi connectivity index (χ0v) is 22.7. The van der Waals surface area contributed by atoms with Crippen LogP contribution >= 0.6 is 0 Å². The molecule has 0 spiro atoms. The Morgan fingerprint density at radius 2 is 1.73 bits per heavy atom. The second-order valence-corrected chi connectivity index (χ2v) is 10.0. The predicted octanol–water partition coefficient (Wildman–Crippen LogP) is 4.09. The molecule has 0 aliphatic carbocycles. The minimum Gasteiger partial charge on any atom is -0.364 e. The molecule has 1 unspecified atom stereocenters. The van der Waals surface area contributed by atoms with E-state index in [0.29, 0.717) is 41.3 Å². The topological polar surface area (TPSA) is 149 Å². The minimum absolute atomic E-state index is 0.0148. The van der Waals surface area contributed by atoms with Crippen LogP contribution in [0.15, 0.2) is 79.5 Å². The van der Waals surface area contributed by atoms with Gasteiger partial charge in [-0.15, -0.1) is 0 Å². The predicted molar refractivity (Wildman–Crippen MR) is 157 cm³/mol. The minimum atomic E-state index is -0.754. The fraction of sp³-hybridized carbons (Fsp3) is 0.194. The lowest BCUT2D eigenvalue weighted by atomic mass is 9.98. The Kier molecular flexibility index (Phi) is 7.64. The normalized spacial score (nSPS) is 14.9. The zero-order valence-electron chi connectivity index (χ0n) is 22.7. The molecule has 1 fully saturated rings. The highest BCUT2D eigenvalue weighted by Crippen LogP contribution is 2.35. The number of carbonyl (C=O) groups is 3. The van der Waals surface area contributed by atoms with Crippen LogP contribution in [0.2, 0.25) is 0 Å². The summed E-state index contributed by atoms with van der Waals surface area (Å²) in [5.74, 6) is 5.92. The van der Waals surface area contributed by atoms with Crippen LogP contribution in [0.4, 0.5) is 5.82 Å². The molecular weight excluding hydrogens is 518 g/mol. The zero-order chi connectivity index (χ0) is 29.1. The quantitative estimate of drug-likeness (QED) is 0.234. The molecule has 1 aliphatic rings. The first-order valence-electron chi connectivity index (χ1n) is 13.3. The van der Waals surface area contributed by atoms with E-state index < -0.39 is 11.9 Å². The molecule has 2 aromatic carbocycles. The van der Waals surface area contributed by atoms with Gasteiger partial charge in [0.2, 0.25) is 0 Å². The van der Waals surface area contributed by atoms with Gasteiger partial charge in [0.15, 0.2) is 11.5 Å². The number of imidazole rings is 1. The number of anilines is 1. The summed E-state index contributed by atoms with van der Waals surface area (Å²) in [7, 11) is 0. The Hall–Kier alpha value is -5.25. The smallest absolute Gasteiger partial charge is 0.269 e. The molecule has 1 aliphatic heterocycles. The third kappa shape index (κ3) is 5.58. The van der Waals surface area contributed by atoms with Gasteiger partial charge < -0.3 is 21.8 Å². The summed E-state index contributed by atoms with van der Waals surface area (Å²) < 4.78 is 1.18. The van der Waals surface area contributed by atoms with Crippen LogP contribution in [-0.2, 0) is 4.79 Å². The fourth-order valence-electron chi connectivity index (χ4n) is 5.07. The van der Waals surface area contributed by atoms with Gasteiger partial charge in [-0.2, -0.15) is 0 Å². The molecule has 3 amide bonds. The van der Waals surface area contributed by atoms with Crippen molar-refractivity contribution in [3.05, 3.63) is 108 Å². The Balaban J connectivity index is 1.44. The number of nitrogen functional groups attached to an aromatic ring is 1. The van der Waals surface area contributed by atoms with Crippen molar-refractivity contribution in [3.8, 4) is 11.3 Å². The molecule has 10 heteroatoms. The molecule has 5 rings (SSSR count). The van der Waals surface area contributed by atoms with Crippen LogP contribution in [0.3, 0.4) is 0 Å². The number of aryl methyl sites for hydroxylation is 1. The van der Waals surface area contributed by atoms with Crippen molar-refractivity contribution in [3.63, 3.8) is 0 Å². The van der Waals surface area contributed by atoms with E-state index in [1.807, 2.05) is 43.3 Å². The Labute approximate surface area is 237 Å². The van der Waals surface area contributed by atoms with E-state index >= 15 is 0 Å². The van der Waals surface area contributed by atoms with Crippen molar-refractivity contribution < 1.29 is 14.4 Å². The van der Waals surface area contributed by atoms with Crippen LogP contribution < -0.4 is 16.9 Å². The van der Waals surface area contributed by atoms with Crippen LogP contribution in [0, 0.1) is 6.92 Å². The molecule has 41 heavy (non-hydrogen) atoms. The molecule has 0 radical (unpaired) electrons. The molecule has 4 aromatic rings. The number of rotatable bonds is 7. The first-order valence-corrected chi connectivity index (χ1v) is 13.3. The number of hydrogen-bond acceptors (Lipinski definition) is 6. The monoisotopic (exact) mass is 549 g/mol. The van der Waals surface area contributed by atoms with E-state index in [2.05, 4.69) is 16.9 Å². The number of primary amides is 1. The van der Waals surface area contributed by atoms with Gasteiger partial charge in [0.1, 0.15) is 11.5 Å². The lowest BCUT2D eigenvalue weighted by Crippen LogP contribution is -2.41. The number of benzene rings is 2. The number of hydrogen-bond donors (Lipinski definition) is 3. The maximum absolute atomic E-state index is 13.6. The van der Waals surface area contributed by atoms with E-state index in [1.165, 1.54) is 4.68 Å². The standard InChI is InChI=1S/C31H31N7O3/c1-19-15-16-34-25(18-19)35-30(40)23-13-11-22(12-14-23)26-27(28(32)39)38(33)29(36-26)24-10-6-7-17-37(24)31(41)20(2)21-8-4-3-5-9-21/h3-5,8-9,11-16,18,24H,2,6-7,10,17,33H2,1H3,(H2,32,39)(H,34,35,40). The van der Waals surface area contributed by atoms with E-state index in [1.54, 1.807) is 41.4 Å². The highest BCUT2D eigenvalue weighted by Gasteiger charge is 2.35. The number of likely N-dealkylation sites (tertiary alicyclic amines) is 1. The van der Waals surface area contributed by atoms with Crippen LogP contribution in [0.1, 0.15) is 63.1 Å². The maximum Gasteiger partial charge on any atom is 0.269 e. The summed E-state index contributed by atoms with van der Waals surface area (Å²) in [4.78, 5) is 49.5. The average molecular weight is 550 g/mol. The molecule has 0 bridgehead atoms. The molecule has 1 saturated heterocycles. The van der Waals surface area contributed by atoms with E-state index in [4.69, 9.17) is 16.6 Å². The third-order valence-corrected chi connectivity index (χ3v) is 7.19. The lowest BCUT2D eigenvalue weighted by molar-refractivity contribution is -0.128. The van der Waals surface area contributed by atoms with Gasteiger partial charge >= 0.3 is 0 Å². The molecule has 2 aromatic heterocycles. The van der Waals surface area contributed by atoms with E-state index in [-0.39, 0.29) is 23.2 Å². The van der Waals surface area contributed by atoms with Gasteiger partial charge in [-0.05, 0) is 61.6 Å². The van der Waals surface area contributed by atoms with Gasteiger partial charge in [-0.25, -0.2) is 14.6 Å². The van der Waals surface area contributed by atoms with Gasteiger partial charge in [0, 0.05) is 29.4 Å². The number of piperidine rings is 1. The number of aromatic nitrogens is 3. The fourth-order valence-corrected chi connectivity index (χ4v) is 5.07. The molecule has 0 saturated carbocycles. The van der Waals surface area contributed by atoms with Crippen LogP contribution in [0.5, 0.6) is 0 Å². The highest BCUT2D eigenvalue weighted by molar-refractivity contribution is 6.18. The molecule has 10 nitrogen and oxygen atoms in total. The third-order valence-electron chi connectivity index (χ3n) is 7.19. The first-order chi connectivity index (χ1) is 19.7. The number of nitrogens with one attached hydrogen (secondary N) is 1. The number of carbonyl (C=O) groups excluding carboxylic acids is 3. The van der Waals surface area contributed by atoms with Crippen molar-refractivity contribution >= 4 is 29.1 Å². The summed E-state index contributed by atoms with van der Waals surface area (Å²) in [5.41, 5.74) is 9.07. The molecule has 208 valence electrons. The largest absolute Gasteiger partial charge is 0.364 e. The highest BCUT2D eigenvalue weighted by atomic mass is 16.2. The van der Waals surface area contributed by atoms with Gasteiger partial charge in [-0.3, -0.25) is 14.4 Å². The second-order valence-electron chi connectivity index (χ2n) is 10.0. The van der Waals surface area contributed by atoms with Crippen molar-refractivity contribution in [2.45, 2.75) is 32.2 Å². The van der Waals surface area contributed by atoms with Gasteiger partial charge in [-0.1, -0.05) is 49.0 Å². The molecule has 5 N–H and O–H groups in total. The number of nitrogens with two attached hydrogens (primary N) is 2. The van der Waals surface area contributed by atoms with Crippen molar-refractivity contribution in [2.24, 2.45) is 5.73 Å². The van der Waals surface area contributed by atoms with Gasteiger partial charge in [0.25, 0.3) is 17.7 Å². The molecular formula is C31H31N7O3. The SMILES string of the molecule is C=C(C(=O)N1CCCCC1c1nc(-c2ccc(C(=O)Nc3cc(C)ccn3)cc2)c(C(N)=O)n1N)c1ccccc1. The average Bonchev–Trinajstić information content (AvgIpc) is 3.34. The number of nitrogens with zero attached hydrogens (tertiary/aromatic N) is 4. The van der Waals surface area contributed by atoms with E-state index in [0.717, 1.165) is 24.0 Å². The second kappa shape index (κ2) is 11.5. The van der Waals surface area contributed by atoms with Crippen LogP contribution in [-0.4, -0.2) is 43.8 Å². The summed E-state index contributed by atoms with van der Waals surface area (Å²) in [6.07, 6.45) is 3.93. The summed E-state index contributed by atoms with van der Waals surface area (Å²) >= 11 is 0. The van der Waals surface area contributed by atoms with Gasteiger partial charge in [0.05, 0.1) is 6.04 Å². The Morgan fingerprint density at radius 3 is 2.41 bits per heavy atom. The van der Waals surface area contributed by atoms with Crippen molar-refractivity contribution in [1.82, 2.24) is 19.5 Å². The first kappa shape index (κ1) is 27.3. The summed E-state index contributed by atoms with van der Waals surface area (Å²) in [5, 5.41) is 2.77. The lowest BCUT2D eigenvalue weighted by Gasteiger charge is -2.35.